The number of amides is 2. The van der Waals surface area contributed by atoms with Gasteiger partial charge in [0.15, 0.2) is 0 Å². The van der Waals surface area contributed by atoms with E-state index in [-0.39, 0.29) is 17.6 Å². The van der Waals surface area contributed by atoms with Gasteiger partial charge in [0.1, 0.15) is 0 Å². The summed E-state index contributed by atoms with van der Waals surface area (Å²) in [5.74, 6) is 0.631. The lowest BCUT2D eigenvalue weighted by molar-refractivity contribution is 0.0217. The van der Waals surface area contributed by atoms with Crippen molar-refractivity contribution in [1.29, 1.82) is 0 Å². The lowest BCUT2D eigenvalue weighted by Crippen LogP contribution is -2.53. The first-order valence-electron chi connectivity index (χ1n) is 11.1. The molecule has 2 N–H and O–H groups in total. The maximum Gasteiger partial charge on any atom is 0.320 e. The molecule has 2 saturated heterocycles. The maximum atomic E-state index is 12.8. The second-order valence-electron chi connectivity index (χ2n) is 9.16. The molecular formula is C23H35N3O3. The highest BCUT2D eigenvalue weighted by Crippen LogP contribution is 2.42. The maximum absolute atomic E-state index is 12.8. The Labute approximate surface area is 174 Å². The quantitative estimate of drug-likeness (QED) is 0.769. The highest BCUT2D eigenvalue weighted by molar-refractivity contribution is 5.74. The number of carbonyl (C=O) groups is 1. The van der Waals surface area contributed by atoms with Crippen molar-refractivity contribution >= 4 is 6.03 Å². The van der Waals surface area contributed by atoms with Gasteiger partial charge in [-0.3, -0.25) is 0 Å². The van der Waals surface area contributed by atoms with Crippen LogP contribution in [0.2, 0.25) is 0 Å². The van der Waals surface area contributed by atoms with E-state index in [9.17, 15) is 9.90 Å². The number of hydrogen-bond acceptors (Lipinski definition) is 4. The molecule has 2 aliphatic heterocycles. The molecule has 1 aliphatic carbocycles. The van der Waals surface area contributed by atoms with Gasteiger partial charge in [-0.25, -0.2) is 4.79 Å². The Morgan fingerprint density at radius 1 is 1.14 bits per heavy atom. The fourth-order valence-corrected chi connectivity index (χ4v) is 4.94. The van der Waals surface area contributed by atoms with E-state index >= 15 is 0 Å². The van der Waals surface area contributed by atoms with Crippen LogP contribution in [0.3, 0.4) is 0 Å². The first-order chi connectivity index (χ1) is 14.1. The zero-order valence-corrected chi connectivity index (χ0v) is 17.6. The molecule has 4 rings (SSSR count). The Bertz CT molecular complexity index is 667. The number of nitrogens with zero attached hydrogens (tertiary/aromatic N) is 2. The van der Waals surface area contributed by atoms with E-state index < -0.39 is 0 Å². The van der Waals surface area contributed by atoms with Gasteiger partial charge in [-0.1, -0.05) is 30.3 Å². The van der Waals surface area contributed by atoms with Crippen LogP contribution in [-0.4, -0.2) is 79.5 Å². The summed E-state index contributed by atoms with van der Waals surface area (Å²) < 4.78 is 5.59. The van der Waals surface area contributed by atoms with E-state index in [1.54, 1.807) is 7.11 Å². The molecule has 6 heteroatoms. The molecule has 0 aromatic heterocycles. The summed E-state index contributed by atoms with van der Waals surface area (Å²) in [4.78, 5) is 16.7. The van der Waals surface area contributed by atoms with Crippen molar-refractivity contribution in [3.05, 3.63) is 35.9 Å². The third kappa shape index (κ3) is 4.93. The Balaban J connectivity index is 1.27. The summed E-state index contributed by atoms with van der Waals surface area (Å²) >= 11 is 0. The molecule has 2 amide bonds. The highest BCUT2D eigenvalue weighted by Gasteiger charge is 2.42. The summed E-state index contributed by atoms with van der Waals surface area (Å²) in [6.07, 6.45) is 4.29. The molecule has 1 saturated carbocycles. The van der Waals surface area contributed by atoms with E-state index in [0.717, 1.165) is 39.1 Å². The fourth-order valence-electron chi connectivity index (χ4n) is 4.94. The molecule has 6 nitrogen and oxygen atoms in total. The van der Waals surface area contributed by atoms with Crippen molar-refractivity contribution in [2.45, 2.75) is 50.2 Å². The largest absolute Gasteiger partial charge is 0.393 e. The number of carbonyl (C=O) groups excluding carboxylic acids is 1. The van der Waals surface area contributed by atoms with Gasteiger partial charge < -0.3 is 25.0 Å². The SMILES string of the molecule is COCC1(CN[C@@H]2CC2c2ccccc2)CCN(C(=O)N2CCC(O)CC2)CC1. The van der Waals surface area contributed by atoms with Gasteiger partial charge in [-0.05, 0) is 37.7 Å². The smallest absolute Gasteiger partial charge is 0.320 e. The second-order valence-corrected chi connectivity index (χ2v) is 9.16. The van der Waals surface area contributed by atoms with E-state index in [0.29, 0.717) is 37.9 Å². The van der Waals surface area contributed by atoms with Crippen LogP contribution < -0.4 is 5.32 Å². The zero-order valence-electron chi connectivity index (χ0n) is 17.6. The van der Waals surface area contributed by atoms with Gasteiger partial charge in [0.05, 0.1) is 12.7 Å². The van der Waals surface area contributed by atoms with E-state index in [1.807, 2.05) is 9.80 Å². The Morgan fingerprint density at radius 3 is 2.45 bits per heavy atom. The average Bonchev–Trinajstić information content (AvgIpc) is 3.54. The molecule has 1 unspecified atom stereocenters. The van der Waals surface area contributed by atoms with E-state index in [2.05, 4.69) is 35.6 Å². The number of aliphatic hydroxyl groups excluding tert-OH is 1. The van der Waals surface area contributed by atoms with Crippen molar-refractivity contribution in [1.82, 2.24) is 15.1 Å². The van der Waals surface area contributed by atoms with Gasteiger partial charge in [-0.2, -0.15) is 0 Å². The predicted molar refractivity (Wildman–Crippen MR) is 113 cm³/mol. The molecule has 160 valence electrons. The third-order valence-corrected chi connectivity index (χ3v) is 7.04. The molecule has 1 aromatic carbocycles. The summed E-state index contributed by atoms with van der Waals surface area (Å²) in [5.41, 5.74) is 1.53. The van der Waals surface area contributed by atoms with Crippen LogP contribution >= 0.6 is 0 Å². The molecule has 2 atom stereocenters. The number of likely N-dealkylation sites (tertiary alicyclic amines) is 2. The number of rotatable bonds is 6. The lowest BCUT2D eigenvalue weighted by atomic mass is 9.79. The predicted octanol–water partition coefficient (Wildman–Crippen LogP) is 2.44. The topological polar surface area (TPSA) is 65.0 Å². The molecule has 3 fully saturated rings. The van der Waals surface area contributed by atoms with Crippen molar-refractivity contribution in [3.63, 3.8) is 0 Å². The number of nitrogens with one attached hydrogen (secondary N) is 1. The minimum atomic E-state index is -0.247. The number of benzene rings is 1. The van der Waals surface area contributed by atoms with E-state index in [4.69, 9.17) is 4.74 Å². The van der Waals surface area contributed by atoms with Crippen molar-refractivity contribution < 1.29 is 14.6 Å². The lowest BCUT2D eigenvalue weighted by Gasteiger charge is -2.43. The zero-order chi connectivity index (χ0) is 20.3. The Kier molecular flexibility index (Phi) is 6.42. The average molecular weight is 402 g/mol. The van der Waals surface area contributed by atoms with Crippen molar-refractivity contribution in [2.75, 3.05) is 46.4 Å². The van der Waals surface area contributed by atoms with Gasteiger partial charge in [0.25, 0.3) is 0 Å². The van der Waals surface area contributed by atoms with Crippen LogP contribution in [-0.2, 0) is 4.74 Å². The molecule has 3 aliphatic rings. The van der Waals surface area contributed by atoms with Crippen LogP contribution in [0.1, 0.15) is 43.6 Å². The monoisotopic (exact) mass is 401 g/mol. The molecule has 0 spiro atoms. The number of ether oxygens (including phenoxy) is 1. The highest BCUT2D eigenvalue weighted by atomic mass is 16.5. The Morgan fingerprint density at radius 2 is 1.79 bits per heavy atom. The van der Waals surface area contributed by atoms with Crippen LogP contribution in [0.5, 0.6) is 0 Å². The standard InChI is InChI=1S/C23H35N3O3/c1-29-17-23(16-24-21-15-20(21)18-5-3-2-4-6-18)9-13-26(14-10-23)22(28)25-11-7-19(27)8-12-25/h2-6,19-21,24,27H,7-17H2,1H3/t20?,21-/m1/s1. The molecule has 29 heavy (non-hydrogen) atoms. The number of urea groups is 1. The third-order valence-electron chi connectivity index (χ3n) is 7.04. The van der Waals surface area contributed by atoms with Crippen LogP contribution in [0, 0.1) is 5.41 Å². The molecule has 1 aromatic rings. The van der Waals surface area contributed by atoms with Gasteiger partial charge in [0.2, 0.25) is 0 Å². The summed E-state index contributed by atoms with van der Waals surface area (Å²) in [5, 5.41) is 13.5. The summed E-state index contributed by atoms with van der Waals surface area (Å²) in [6, 6.07) is 11.5. The number of methoxy groups -OCH3 is 1. The van der Waals surface area contributed by atoms with Crippen molar-refractivity contribution in [2.24, 2.45) is 5.41 Å². The van der Waals surface area contributed by atoms with E-state index in [1.165, 1.54) is 12.0 Å². The van der Waals surface area contributed by atoms with Crippen LogP contribution in [0.25, 0.3) is 0 Å². The van der Waals surface area contributed by atoms with Gasteiger partial charge in [-0.15, -0.1) is 0 Å². The number of aliphatic hydroxyl groups is 1. The first kappa shape index (κ1) is 20.6. The minimum Gasteiger partial charge on any atom is -0.393 e. The van der Waals surface area contributed by atoms with Gasteiger partial charge >= 0.3 is 6.03 Å². The number of hydrogen-bond donors (Lipinski definition) is 2. The Hall–Kier alpha value is -1.63. The number of piperidine rings is 2. The molecule has 0 bridgehead atoms. The van der Waals surface area contributed by atoms with Crippen molar-refractivity contribution in [3.8, 4) is 0 Å². The van der Waals surface area contributed by atoms with Crippen LogP contribution in [0.4, 0.5) is 4.79 Å². The molecule has 2 heterocycles. The first-order valence-corrected chi connectivity index (χ1v) is 11.1. The summed E-state index contributed by atoms with van der Waals surface area (Å²) in [7, 11) is 1.78. The van der Waals surface area contributed by atoms with Gasteiger partial charge in [0, 0.05) is 57.2 Å². The normalized spacial score (nSPS) is 27.1. The summed E-state index contributed by atoms with van der Waals surface area (Å²) in [6.45, 7) is 4.60. The van der Waals surface area contributed by atoms with Crippen LogP contribution in [0.15, 0.2) is 30.3 Å². The fraction of sp³-hybridized carbons (Fsp3) is 0.696. The minimum absolute atomic E-state index is 0.105. The molecule has 0 radical (unpaired) electrons. The second kappa shape index (κ2) is 9.02. The molecular weight excluding hydrogens is 366 g/mol.